The second-order valence-electron chi connectivity index (χ2n) is 5.60. The first-order valence-corrected chi connectivity index (χ1v) is 7.78. The summed E-state index contributed by atoms with van der Waals surface area (Å²) in [5.41, 5.74) is 4.53. The Balaban J connectivity index is 1.89. The molecule has 0 aliphatic heterocycles. The Kier molecular flexibility index (Phi) is 5.57. The minimum Gasteiger partial charge on any atom is -0.341 e. The molecular weight excluding hydrogens is 306 g/mol. The summed E-state index contributed by atoms with van der Waals surface area (Å²) < 4.78 is 1.83. The molecule has 0 spiro atoms. The van der Waals surface area contributed by atoms with Gasteiger partial charge in [0.05, 0.1) is 5.69 Å². The van der Waals surface area contributed by atoms with E-state index in [1.54, 1.807) is 31.3 Å². The third-order valence-electron chi connectivity index (χ3n) is 3.91. The summed E-state index contributed by atoms with van der Waals surface area (Å²) in [6.07, 6.45) is 1.05. The minimum absolute atomic E-state index is 0.0512. The number of aromatic nitrogens is 2. The van der Waals surface area contributed by atoms with Crippen molar-refractivity contribution in [1.82, 2.24) is 15.1 Å². The van der Waals surface area contributed by atoms with Crippen molar-refractivity contribution < 1.29 is 9.59 Å². The number of nitrogens with zero attached hydrogens (tertiary/aromatic N) is 2. The van der Waals surface area contributed by atoms with Crippen molar-refractivity contribution in [1.29, 1.82) is 0 Å². The van der Waals surface area contributed by atoms with E-state index in [1.165, 1.54) is 0 Å². The highest BCUT2D eigenvalue weighted by Crippen LogP contribution is 2.16. The zero-order valence-corrected chi connectivity index (χ0v) is 14.4. The Hall–Kier alpha value is -2.83. The predicted molar refractivity (Wildman–Crippen MR) is 94.2 cm³/mol. The van der Waals surface area contributed by atoms with Gasteiger partial charge in [0.25, 0.3) is 0 Å². The number of hydrogen-bond acceptors (Lipinski definition) is 3. The third kappa shape index (κ3) is 4.34. The Bertz CT molecular complexity index is 734. The molecule has 0 atom stereocenters. The molecule has 7 heteroatoms. The van der Waals surface area contributed by atoms with Crippen LogP contribution in [0.2, 0.25) is 0 Å². The molecule has 0 fully saturated rings. The molecule has 128 valence electrons. The highest BCUT2D eigenvalue weighted by Gasteiger charge is 2.11. The van der Waals surface area contributed by atoms with Gasteiger partial charge < -0.3 is 16.0 Å². The van der Waals surface area contributed by atoms with Crippen LogP contribution in [0.4, 0.5) is 16.2 Å². The molecule has 3 amide bonds. The monoisotopic (exact) mass is 329 g/mol. The number of anilines is 2. The second-order valence-corrected chi connectivity index (χ2v) is 5.60. The Labute approximate surface area is 141 Å². The molecule has 0 saturated carbocycles. The first kappa shape index (κ1) is 17.5. The van der Waals surface area contributed by atoms with E-state index < -0.39 is 0 Å². The van der Waals surface area contributed by atoms with Gasteiger partial charge in [0.15, 0.2) is 0 Å². The van der Waals surface area contributed by atoms with Gasteiger partial charge >= 0.3 is 6.03 Å². The largest absolute Gasteiger partial charge is 0.341 e. The standard InChI is InChI=1S/C17H23N5O2/c1-11-15(12(2)22(4)21-11)9-10-16(23)19-13-5-7-14(8-6-13)20-17(24)18-3/h5-8H,9-10H2,1-4H3,(H,19,23)(H2,18,20,24). The molecule has 0 bridgehead atoms. The number of carbonyl (C=O) groups is 2. The number of nitrogens with one attached hydrogen (secondary N) is 3. The molecule has 3 N–H and O–H groups in total. The van der Waals surface area contributed by atoms with Gasteiger partial charge in [-0.05, 0) is 50.1 Å². The van der Waals surface area contributed by atoms with Gasteiger partial charge in [-0.1, -0.05) is 0 Å². The quantitative estimate of drug-likeness (QED) is 0.787. The molecule has 1 aromatic carbocycles. The van der Waals surface area contributed by atoms with E-state index in [0.717, 1.165) is 17.0 Å². The molecule has 0 unspecified atom stereocenters. The lowest BCUT2D eigenvalue weighted by atomic mass is 10.1. The molecule has 0 aliphatic carbocycles. The molecule has 1 aromatic heterocycles. The smallest absolute Gasteiger partial charge is 0.318 e. The summed E-state index contributed by atoms with van der Waals surface area (Å²) >= 11 is 0. The van der Waals surface area contributed by atoms with E-state index in [-0.39, 0.29) is 11.9 Å². The number of carbonyl (C=O) groups excluding carboxylic acids is 2. The molecule has 0 radical (unpaired) electrons. The summed E-state index contributed by atoms with van der Waals surface area (Å²) in [7, 11) is 3.45. The predicted octanol–water partition coefficient (Wildman–Crippen LogP) is 2.36. The van der Waals surface area contributed by atoms with E-state index >= 15 is 0 Å². The van der Waals surface area contributed by atoms with Gasteiger partial charge in [0.1, 0.15) is 0 Å². The SMILES string of the molecule is CNC(=O)Nc1ccc(NC(=O)CCc2c(C)nn(C)c2C)cc1. The van der Waals surface area contributed by atoms with Crippen molar-refractivity contribution in [2.45, 2.75) is 26.7 Å². The topological polar surface area (TPSA) is 88.1 Å². The van der Waals surface area contributed by atoms with Crippen molar-refractivity contribution in [2.24, 2.45) is 7.05 Å². The fourth-order valence-electron chi connectivity index (χ4n) is 2.47. The lowest BCUT2D eigenvalue weighted by molar-refractivity contribution is -0.116. The summed E-state index contributed by atoms with van der Waals surface area (Å²) in [6, 6.07) is 6.70. The zero-order valence-electron chi connectivity index (χ0n) is 14.4. The average molecular weight is 329 g/mol. The molecule has 2 rings (SSSR count). The van der Waals surface area contributed by atoms with E-state index in [2.05, 4.69) is 21.0 Å². The number of rotatable bonds is 5. The van der Waals surface area contributed by atoms with Gasteiger partial charge in [-0.15, -0.1) is 0 Å². The highest BCUT2D eigenvalue weighted by atomic mass is 16.2. The fourth-order valence-corrected chi connectivity index (χ4v) is 2.47. The van der Waals surface area contributed by atoms with Crippen LogP contribution in [0.25, 0.3) is 0 Å². The van der Waals surface area contributed by atoms with Crippen LogP contribution >= 0.6 is 0 Å². The summed E-state index contributed by atoms with van der Waals surface area (Å²) in [5.74, 6) is -0.0512. The Morgan fingerprint density at radius 1 is 1.08 bits per heavy atom. The lowest BCUT2D eigenvalue weighted by Gasteiger charge is -2.08. The maximum Gasteiger partial charge on any atom is 0.318 e. The first-order valence-electron chi connectivity index (χ1n) is 7.78. The van der Waals surface area contributed by atoms with E-state index in [0.29, 0.717) is 24.2 Å². The molecule has 7 nitrogen and oxygen atoms in total. The van der Waals surface area contributed by atoms with Crippen LogP contribution in [0.1, 0.15) is 23.4 Å². The highest BCUT2D eigenvalue weighted by molar-refractivity contribution is 5.92. The van der Waals surface area contributed by atoms with Crippen molar-refractivity contribution in [3.05, 3.63) is 41.2 Å². The van der Waals surface area contributed by atoms with Crippen LogP contribution in [0.5, 0.6) is 0 Å². The van der Waals surface area contributed by atoms with Gasteiger partial charge in [-0.2, -0.15) is 5.10 Å². The van der Waals surface area contributed by atoms with Crippen LogP contribution in [0.3, 0.4) is 0 Å². The minimum atomic E-state index is -0.283. The van der Waals surface area contributed by atoms with Crippen molar-refractivity contribution in [2.75, 3.05) is 17.7 Å². The van der Waals surface area contributed by atoms with Crippen LogP contribution in [0, 0.1) is 13.8 Å². The lowest BCUT2D eigenvalue weighted by Crippen LogP contribution is -2.24. The van der Waals surface area contributed by atoms with Crippen molar-refractivity contribution in [3.8, 4) is 0 Å². The van der Waals surface area contributed by atoms with Crippen molar-refractivity contribution >= 4 is 23.3 Å². The molecular formula is C17H23N5O2. The second kappa shape index (κ2) is 7.63. The van der Waals surface area contributed by atoms with Gasteiger partial charge in [0, 0.05) is 37.6 Å². The molecule has 1 heterocycles. The Morgan fingerprint density at radius 3 is 2.17 bits per heavy atom. The van der Waals surface area contributed by atoms with Gasteiger partial charge in [0.2, 0.25) is 5.91 Å². The van der Waals surface area contributed by atoms with E-state index in [4.69, 9.17) is 0 Å². The molecule has 0 aliphatic rings. The maximum absolute atomic E-state index is 12.1. The normalized spacial score (nSPS) is 10.3. The van der Waals surface area contributed by atoms with Crippen LogP contribution < -0.4 is 16.0 Å². The van der Waals surface area contributed by atoms with Gasteiger partial charge in [-0.3, -0.25) is 9.48 Å². The number of aryl methyl sites for hydroxylation is 2. The van der Waals surface area contributed by atoms with E-state index in [9.17, 15) is 9.59 Å². The molecule has 24 heavy (non-hydrogen) atoms. The van der Waals surface area contributed by atoms with Crippen LogP contribution in [0.15, 0.2) is 24.3 Å². The average Bonchev–Trinajstić information content (AvgIpc) is 2.80. The van der Waals surface area contributed by atoms with Crippen molar-refractivity contribution in [3.63, 3.8) is 0 Å². The number of hydrogen-bond donors (Lipinski definition) is 3. The number of amides is 3. The number of benzene rings is 1. The van der Waals surface area contributed by atoms with E-state index in [1.807, 2.05) is 25.6 Å². The summed E-state index contributed by atoms with van der Waals surface area (Å²) in [6.45, 7) is 3.96. The molecule has 2 aromatic rings. The number of urea groups is 1. The fraction of sp³-hybridized carbons (Fsp3) is 0.353. The van der Waals surface area contributed by atoms with Crippen LogP contribution in [-0.2, 0) is 18.3 Å². The zero-order chi connectivity index (χ0) is 17.7. The Morgan fingerprint density at radius 2 is 1.67 bits per heavy atom. The third-order valence-corrected chi connectivity index (χ3v) is 3.91. The molecule has 0 saturated heterocycles. The first-order chi connectivity index (χ1) is 11.4. The van der Waals surface area contributed by atoms with Gasteiger partial charge in [-0.25, -0.2) is 4.79 Å². The van der Waals surface area contributed by atoms with Crippen LogP contribution in [-0.4, -0.2) is 28.8 Å². The summed E-state index contributed by atoms with van der Waals surface area (Å²) in [5, 5.41) is 12.4. The summed E-state index contributed by atoms with van der Waals surface area (Å²) in [4.78, 5) is 23.3. The maximum atomic E-state index is 12.1.